The van der Waals surface area contributed by atoms with Crippen LogP contribution in [0, 0.1) is 0 Å². The summed E-state index contributed by atoms with van der Waals surface area (Å²) in [6.07, 6.45) is 2.70. The molecule has 6 heteroatoms. The van der Waals surface area contributed by atoms with E-state index >= 15 is 0 Å². The smallest absolute Gasteiger partial charge is 0.191 e. The second-order valence-corrected chi connectivity index (χ2v) is 8.53. The maximum absolute atomic E-state index is 4.35. The number of thioether (sulfide) groups is 1. The SMILES string of the molecule is CN=C(NCCN1CCN(Cc2ccccc2)CC1)NCC1CCCS1. The number of rotatable bonds is 7. The zero-order valence-electron chi connectivity index (χ0n) is 16.0. The van der Waals surface area contributed by atoms with Crippen molar-refractivity contribution in [2.24, 2.45) is 4.99 Å². The number of hydrogen-bond acceptors (Lipinski definition) is 4. The van der Waals surface area contributed by atoms with Crippen molar-refractivity contribution in [1.29, 1.82) is 0 Å². The number of hydrogen-bond donors (Lipinski definition) is 2. The lowest BCUT2D eigenvalue weighted by Gasteiger charge is -2.34. The van der Waals surface area contributed by atoms with E-state index in [9.17, 15) is 0 Å². The van der Waals surface area contributed by atoms with Crippen LogP contribution in [0.15, 0.2) is 35.3 Å². The monoisotopic (exact) mass is 375 g/mol. The molecule has 2 N–H and O–H groups in total. The molecule has 0 aromatic heterocycles. The molecule has 0 radical (unpaired) electrons. The van der Waals surface area contributed by atoms with E-state index < -0.39 is 0 Å². The Balaban J connectivity index is 1.28. The van der Waals surface area contributed by atoms with Crippen LogP contribution < -0.4 is 10.6 Å². The van der Waals surface area contributed by atoms with Crippen LogP contribution in [0.1, 0.15) is 18.4 Å². The Morgan fingerprint density at radius 2 is 1.88 bits per heavy atom. The first-order chi connectivity index (χ1) is 12.8. The number of nitrogens with one attached hydrogen (secondary N) is 2. The lowest BCUT2D eigenvalue weighted by atomic mass is 10.2. The Bertz CT molecular complexity index is 536. The summed E-state index contributed by atoms with van der Waals surface area (Å²) in [6.45, 7) is 8.75. The van der Waals surface area contributed by atoms with Crippen molar-refractivity contribution in [3.05, 3.63) is 35.9 Å². The molecular weight excluding hydrogens is 342 g/mol. The van der Waals surface area contributed by atoms with Gasteiger partial charge in [-0.15, -0.1) is 0 Å². The highest BCUT2D eigenvalue weighted by atomic mass is 32.2. The van der Waals surface area contributed by atoms with Gasteiger partial charge in [0.15, 0.2) is 5.96 Å². The molecule has 0 bridgehead atoms. The fraction of sp³-hybridized carbons (Fsp3) is 0.650. The molecule has 2 heterocycles. The van der Waals surface area contributed by atoms with Gasteiger partial charge >= 0.3 is 0 Å². The number of benzene rings is 1. The summed E-state index contributed by atoms with van der Waals surface area (Å²) in [7, 11) is 1.86. The van der Waals surface area contributed by atoms with E-state index in [4.69, 9.17) is 0 Å². The van der Waals surface area contributed by atoms with E-state index in [0.717, 1.165) is 63.6 Å². The van der Waals surface area contributed by atoms with E-state index in [1.165, 1.54) is 24.2 Å². The van der Waals surface area contributed by atoms with Crippen LogP contribution in [-0.4, -0.2) is 79.6 Å². The molecule has 5 nitrogen and oxygen atoms in total. The third kappa shape index (κ3) is 6.49. The number of aliphatic imine (C=N–C) groups is 1. The Hall–Kier alpha value is -1.24. The van der Waals surface area contributed by atoms with Gasteiger partial charge in [-0.2, -0.15) is 11.8 Å². The van der Waals surface area contributed by atoms with Gasteiger partial charge in [0, 0.05) is 64.7 Å². The molecule has 0 aliphatic carbocycles. The fourth-order valence-corrected chi connectivity index (χ4v) is 4.78. The van der Waals surface area contributed by atoms with Crippen LogP contribution >= 0.6 is 11.8 Å². The number of nitrogens with zero attached hydrogens (tertiary/aromatic N) is 3. The average Bonchev–Trinajstić information content (AvgIpc) is 3.20. The predicted molar refractivity (Wildman–Crippen MR) is 113 cm³/mol. The third-order valence-electron chi connectivity index (χ3n) is 5.18. The number of guanidine groups is 1. The summed E-state index contributed by atoms with van der Waals surface area (Å²) in [4.78, 5) is 9.45. The van der Waals surface area contributed by atoms with Crippen LogP contribution in [0.25, 0.3) is 0 Å². The van der Waals surface area contributed by atoms with Gasteiger partial charge in [0.1, 0.15) is 0 Å². The molecule has 0 spiro atoms. The zero-order chi connectivity index (χ0) is 18.0. The van der Waals surface area contributed by atoms with E-state index in [1.54, 1.807) is 0 Å². The molecule has 3 rings (SSSR count). The lowest BCUT2D eigenvalue weighted by molar-refractivity contribution is 0.129. The van der Waals surface area contributed by atoms with Crippen LogP contribution in [-0.2, 0) is 6.54 Å². The molecule has 2 fully saturated rings. The molecule has 2 aliphatic rings. The summed E-state index contributed by atoms with van der Waals surface area (Å²) < 4.78 is 0. The summed E-state index contributed by atoms with van der Waals surface area (Å²) in [5.74, 6) is 2.26. The van der Waals surface area contributed by atoms with Gasteiger partial charge in [0.25, 0.3) is 0 Å². The molecular formula is C20H33N5S. The Labute approximate surface area is 162 Å². The van der Waals surface area contributed by atoms with Crippen molar-refractivity contribution in [1.82, 2.24) is 20.4 Å². The standard InChI is InChI=1S/C20H33N5S/c1-21-20(23-16-19-8-5-15-26-19)22-9-10-24-11-13-25(14-12-24)17-18-6-3-2-4-7-18/h2-4,6-7,19H,5,8-17H2,1H3,(H2,21,22,23). The normalized spacial score (nSPS) is 22.5. The molecule has 26 heavy (non-hydrogen) atoms. The highest BCUT2D eigenvalue weighted by molar-refractivity contribution is 8.00. The molecule has 144 valence electrons. The second kappa shape index (κ2) is 10.8. The first kappa shape index (κ1) is 19.5. The first-order valence-corrected chi connectivity index (χ1v) is 10.9. The lowest BCUT2D eigenvalue weighted by Crippen LogP contribution is -2.49. The van der Waals surface area contributed by atoms with Crippen LogP contribution in [0.2, 0.25) is 0 Å². The fourth-order valence-electron chi connectivity index (χ4n) is 3.58. The molecule has 1 aromatic rings. The first-order valence-electron chi connectivity index (χ1n) is 9.88. The Morgan fingerprint density at radius 3 is 2.58 bits per heavy atom. The minimum Gasteiger partial charge on any atom is -0.355 e. The van der Waals surface area contributed by atoms with Crippen molar-refractivity contribution in [3.63, 3.8) is 0 Å². The third-order valence-corrected chi connectivity index (χ3v) is 6.58. The Morgan fingerprint density at radius 1 is 1.12 bits per heavy atom. The maximum atomic E-state index is 4.35. The second-order valence-electron chi connectivity index (χ2n) is 7.12. The van der Waals surface area contributed by atoms with Gasteiger partial charge in [-0.3, -0.25) is 14.8 Å². The minimum absolute atomic E-state index is 0.756. The van der Waals surface area contributed by atoms with Gasteiger partial charge in [-0.25, -0.2) is 0 Å². The average molecular weight is 376 g/mol. The minimum atomic E-state index is 0.756. The van der Waals surface area contributed by atoms with E-state index in [2.05, 4.69) is 67.5 Å². The van der Waals surface area contributed by atoms with E-state index in [-0.39, 0.29) is 0 Å². The molecule has 2 saturated heterocycles. The van der Waals surface area contributed by atoms with Gasteiger partial charge < -0.3 is 10.6 Å². The highest BCUT2D eigenvalue weighted by Crippen LogP contribution is 2.25. The van der Waals surface area contributed by atoms with E-state index in [0.29, 0.717) is 0 Å². The van der Waals surface area contributed by atoms with Crippen LogP contribution in [0.3, 0.4) is 0 Å². The van der Waals surface area contributed by atoms with Gasteiger partial charge in [0.2, 0.25) is 0 Å². The summed E-state index contributed by atoms with van der Waals surface area (Å²) in [5, 5.41) is 7.70. The quantitative estimate of drug-likeness (QED) is 0.563. The van der Waals surface area contributed by atoms with Gasteiger partial charge in [-0.1, -0.05) is 30.3 Å². The largest absolute Gasteiger partial charge is 0.355 e. The maximum Gasteiger partial charge on any atom is 0.191 e. The van der Waals surface area contributed by atoms with E-state index in [1.807, 2.05) is 7.05 Å². The zero-order valence-corrected chi connectivity index (χ0v) is 16.8. The molecule has 1 unspecified atom stereocenters. The number of piperazine rings is 1. The summed E-state index contributed by atoms with van der Waals surface area (Å²) in [6, 6.07) is 10.8. The van der Waals surface area contributed by atoms with Crippen molar-refractivity contribution >= 4 is 17.7 Å². The summed E-state index contributed by atoms with van der Waals surface area (Å²) in [5.41, 5.74) is 1.41. The topological polar surface area (TPSA) is 42.9 Å². The van der Waals surface area contributed by atoms with Crippen molar-refractivity contribution in [2.45, 2.75) is 24.6 Å². The Kier molecular flexibility index (Phi) is 8.11. The molecule has 2 aliphatic heterocycles. The predicted octanol–water partition coefficient (Wildman–Crippen LogP) is 1.86. The molecule has 0 saturated carbocycles. The molecule has 1 atom stereocenters. The highest BCUT2D eigenvalue weighted by Gasteiger charge is 2.17. The van der Waals surface area contributed by atoms with Crippen LogP contribution in [0.5, 0.6) is 0 Å². The van der Waals surface area contributed by atoms with Crippen LogP contribution in [0.4, 0.5) is 0 Å². The van der Waals surface area contributed by atoms with Crippen molar-refractivity contribution in [3.8, 4) is 0 Å². The van der Waals surface area contributed by atoms with Gasteiger partial charge in [0.05, 0.1) is 0 Å². The van der Waals surface area contributed by atoms with Crippen molar-refractivity contribution < 1.29 is 0 Å². The van der Waals surface area contributed by atoms with Gasteiger partial charge in [-0.05, 0) is 24.2 Å². The molecule has 1 aromatic carbocycles. The molecule has 0 amide bonds. The summed E-state index contributed by atoms with van der Waals surface area (Å²) >= 11 is 2.08. The van der Waals surface area contributed by atoms with Crippen molar-refractivity contribution in [2.75, 3.05) is 58.6 Å².